The van der Waals surface area contributed by atoms with Crippen molar-refractivity contribution in [3.63, 3.8) is 0 Å². The van der Waals surface area contributed by atoms with Crippen molar-refractivity contribution < 1.29 is 19.4 Å². The molecule has 1 amide bonds. The lowest BCUT2D eigenvalue weighted by molar-refractivity contribution is -0.197. The molecule has 5 rings (SSSR count). The van der Waals surface area contributed by atoms with E-state index in [0.29, 0.717) is 18.3 Å². The molecule has 27 heavy (non-hydrogen) atoms. The minimum absolute atomic E-state index is 0.0855. The van der Waals surface area contributed by atoms with E-state index < -0.39 is 11.0 Å². The minimum atomic E-state index is -0.703. The van der Waals surface area contributed by atoms with Gasteiger partial charge in [0.05, 0.1) is 17.1 Å². The third kappa shape index (κ3) is 3.38. The van der Waals surface area contributed by atoms with Crippen LogP contribution in [0, 0.1) is 17.3 Å². The maximum absolute atomic E-state index is 12.9. The van der Waals surface area contributed by atoms with Gasteiger partial charge in [-0.05, 0) is 62.8 Å². The Bertz CT molecular complexity index is 717. The molecule has 4 aliphatic carbocycles. The number of amides is 1. The van der Waals surface area contributed by atoms with Gasteiger partial charge in [0.2, 0.25) is 0 Å². The first kappa shape index (κ1) is 18.5. The Balaban J connectivity index is 1.37. The highest BCUT2D eigenvalue weighted by atomic mass is 16.5. The van der Waals surface area contributed by atoms with Crippen LogP contribution in [0.5, 0.6) is 0 Å². The van der Waals surface area contributed by atoms with E-state index in [1.165, 1.54) is 0 Å². The zero-order valence-corrected chi connectivity index (χ0v) is 16.2. The number of benzene rings is 1. The van der Waals surface area contributed by atoms with Crippen molar-refractivity contribution in [2.24, 2.45) is 17.3 Å². The van der Waals surface area contributed by atoms with Gasteiger partial charge < -0.3 is 14.7 Å². The summed E-state index contributed by atoms with van der Waals surface area (Å²) in [7, 11) is 1.74. The standard InChI is InChI=1S/C22H29NO4/c1-15(18-6-4-3-5-7-18)23(2)19(24)13-27-20(25)21-9-16-8-17(10-21)12-22(26,11-16)14-21/h3-7,15-17,26H,8-14H2,1-2H3. The van der Waals surface area contributed by atoms with E-state index in [1.54, 1.807) is 11.9 Å². The zero-order valence-electron chi connectivity index (χ0n) is 16.2. The second kappa shape index (κ2) is 6.62. The lowest BCUT2D eigenvalue weighted by atomic mass is 9.48. The van der Waals surface area contributed by atoms with Gasteiger partial charge in [-0.15, -0.1) is 0 Å². The van der Waals surface area contributed by atoms with Crippen molar-refractivity contribution in [3.8, 4) is 0 Å². The van der Waals surface area contributed by atoms with E-state index in [0.717, 1.165) is 37.7 Å². The topological polar surface area (TPSA) is 66.8 Å². The van der Waals surface area contributed by atoms with Crippen LogP contribution >= 0.6 is 0 Å². The fourth-order valence-electron chi connectivity index (χ4n) is 6.01. The molecular formula is C22H29NO4. The molecule has 4 saturated carbocycles. The molecule has 1 N–H and O–H groups in total. The van der Waals surface area contributed by atoms with Gasteiger partial charge >= 0.3 is 5.97 Å². The number of carbonyl (C=O) groups excluding carboxylic acids is 2. The summed E-state index contributed by atoms with van der Waals surface area (Å²) in [6, 6.07) is 9.72. The predicted octanol–water partition coefficient (Wildman–Crippen LogP) is 3.08. The summed E-state index contributed by atoms with van der Waals surface area (Å²) >= 11 is 0. The van der Waals surface area contributed by atoms with Crippen molar-refractivity contribution in [3.05, 3.63) is 35.9 Å². The molecule has 0 aromatic heterocycles. The van der Waals surface area contributed by atoms with Crippen molar-refractivity contribution in [2.75, 3.05) is 13.7 Å². The minimum Gasteiger partial charge on any atom is -0.455 e. The summed E-state index contributed by atoms with van der Waals surface area (Å²) in [5.74, 6) is 0.341. The van der Waals surface area contributed by atoms with Crippen LogP contribution in [0.3, 0.4) is 0 Å². The fourth-order valence-corrected chi connectivity index (χ4v) is 6.01. The normalized spacial score (nSPS) is 34.9. The molecule has 3 atom stereocenters. The molecule has 4 bridgehead atoms. The lowest BCUT2D eigenvalue weighted by Crippen LogP contribution is -2.58. The Labute approximate surface area is 160 Å². The second-order valence-corrected chi connectivity index (χ2v) is 9.13. The van der Waals surface area contributed by atoms with Crippen LogP contribution in [0.4, 0.5) is 0 Å². The van der Waals surface area contributed by atoms with Crippen LogP contribution in [0.2, 0.25) is 0 Å². The molecule has 4 fully saturated rings. The molecule has 5 nitrogen and oxygen atoms in total. The van der Waals surface area contributed by atoms with Crippen molar-refractivity contribution in [1.29, 1.82) is 0 Å². The maximum Gasteiger partial charge on any atom is 0.312 e. The van der Waals surface area contributed by atoms with Crippen LogP contribution < -0.4 is 0 Å². The quantitative estimate of drug-likeness (QED) is 0.808. The molecule has 0 aliphatic heterocycles. The van der Waals surface area contributed by atoms with E-state index in [1.807, 2.05) is 37.3 Å². The smallest absolute Gasteiger partial charge is 0.312 e. The number of likely N-dealkylation sites (N-methyl/N-ethyl adjacent to an activating group) is 1. The average Bonchev–Trinajstić information content (AvgIpc) is 2.63. The monoisotopic (exact) mass is 371 g/mol. The van der Waals surface area contributed by atoms with Crippen molar-refractivity contribution in [1.82, 2.24) is 4.90 Å². The first-order valence-corrected chi connectivity index (χ1v) is 10.0. The van der Waals surface area contributed by atoms with Gasteiger partial charge in [-0.3, -0.25) is 9.59 Å². The van der Waals surface area contributed by atoms with Gasteiger partial charge in [-0.25, -0.2) is 0 Å². The third-order valence-electron chi connectivity index (χ3n) is 7.05. The highest BCUT2D eigenvalue weighted by Crippen LogP contribution is 2.61. The molecule has 0 heterocycles. The first-order chi connectivity index (χ1) is 12.8. The molecule has 146 valence electrons. The van der Waals surface area contributed by atoms with Crippen LogP contribution in [0.15, 0.2) is 30.3 Å². The van der Waals surface area contributed by atoms with Crippen LogP contribution in [0.25, 0.3) is 0 Å². The Morgan fingerprint density at radius 3 is 2.41 bits per heavy atom. The van der Waals surface area contributed by atoms with E-state index in [4.69, 9.17) is 4.74 Å². The maximum atomic E-state index is 12.9. The van der Waals surface area contributed by atoms with E-state index in [9.17, 15) is 14.7 Å². The van der Waals surface area contributed by atoms with E-state index in [-0.39, 0.29) is 24.5 Å². The molecule has 4 aliphatic rings. The fraction of sp³-hybridized carbons (Fsp3) is 0.636. The highest BCUT2D eigenvalue weighted by Gasteiger charge is 2.60. The van der Waals surface area contributed by atoms with Crippen LogP contribution in [-0.4, -0.2) is 41.1 Å². The highest BCUT2D eigenvalue weighted by molar-refractivity contribution is 5.83. The van der Waals surface area contributed by atoms with Gasteiger partial charge in [0.1, 0.15) is 0 Å². The SMILES string of the molecule is CC(c1ccccc1)N(C)C(=O)COC(=O)C12CC3CC(CC(O)(C3)C1)C2. The molecule has 0 saturated heterocycles. The second-order valence-electron chi connectivity index (χ2n) is 9.13. The molecular weight excluding hydrogens is 342 g/mol. The summed E-state index contributed by atoms with van der Waals surface area (Å²) < 4.78 is 5.50. The predicted molar refractivity (Wildman–Crippen MR) is 101 cm³/mol. The zero-order chi connectivity index (χ0) is 19.2. The Morgan fingerprint density at radius 1 is 1.19 bits per heavy atom. The molecule has 1 aromatic rings. The Morgan fingerprint density at radius 2 is 1.81 bits per heavy atom. The summed E-state index contributed by atoms with van der Waals surface area (Å²) in [5.41, 5.74) is -0.239. The summed E-state index contributed by atoms with van der Waals surface area (Å²) in [4.78, 5) is 27.1. The number of hydrogen-bond acceptors (Lipinski definition) is 4. The van der Waals surface area contributed by atoms with Gasteiger partial charge in [-0.1, -0.05) is 30.3 Å². The summed E-state index contributed by atoms with van der Waals surface area (Å²) in [6.45, 7) is 1.73. The van der Waals surface area contributed by atoms with Crippen molar-refractivity contribution in [2.45, 2.75) is 57.1 Å². The number of hydrogen-bond donors (Lipinski definition) is 1. The number of carbonyl (C=O) groups is 2. The number of rotatable bonds is 5. The lowest BCUT2D eigenvalue weighted by Gasteiger charge is -2.58. The first-order valence-electron chi connectivity index (χ1n) is 10.0. The summed E-state index contributed by atoms with van der Waals surface area (Å²) in [6.07, 6.45) is 4.84. The van der Waals surface area contributed by atoms with E-state index >= 15 is 0 Å². The third-order valence-corrected chi connectivity index (χ3v) is 7.05. The van der Waals surface area contributed by atoms with E-state index in [2.05, 4.69) is 0 Å². The number of nitrogens with zero attached hydrogens (tertiary/aromatic N) is 1. The number of ether oxygens (including phenoxy) is 1. The number of aliphatic hydroxyl groups is 1. The Kier molecular flexibility index (Phi) is 4.53. The van der Waals surface area contributed by atoms with Gasteiger partial charge in [0, 0.05) is 7.05 Å². The largest absolute Gasteiger partial charge is 0.455 e. The van der Waals surface area contributed by atoms with Crippen LogP contribution in [-0.2, 0) is 14.3 Å². The van der Waals surface area contributed by atoms with Gasteiger partial charge in [0.25, 0.3) is 5.91 Å². The summed E-state index contributed by atoms with van der Waals surface area (Å²) in [5, 5.41) is 10.8. The average molecular weight is 371 g/mol. The molecule has 3 unspecified atom stereocenters. The van der Waals surface area contributed by atoms with Gasteiger partial charge in [-0.2, -0.15) is 0 Å². The van der Waals surface area contributed by atoms with Crippen LogP contribution in [0.1, 0.15) is 57.1 Å². The molecule has 5 heteroatoms. The molecule has 0 radical (unpaired) electrons. The number of esters is 1. The Hall–Kier alpha value is -1.88. The van der Waals surface area contributed by atoms with Crippen molar-refractivity contribution >= 4 is 11.9 Å². The molecule has 0 spiro atoms. The van der Waals surface area contributed by atoms with Gasteiger partial charge in [0.15, 0.2) is 6.61 Å². The molecule has 1 aromatic carbocycles.